The summed E-state index contributed by atoms with van der Waals surface area (Å²) >= 11 is 1.45. The Labute approximate surface area is 94.9 Å². The van der Waals surface area contributed by atoms with Gasteiger partial charge in [0.2, 0.25) is 0 Å². The Morgan fingerprint density at radius 2 is 2.19 bits per heavy atom. The lowest BCUT2D eigenvalue weighted by Gasteiger charge is -2.25. The summed E-state index contributed by atoms with van der Waals surface area (Å²) in [5, 5.41) is 10.1. The fourth-order valence-corrected chi connectivity index (χ4v) is 3.04. The van der Waals surface area contributed by atoms with E-state index in [0.29, 0.717) is 17.9 Å². The second-order valence-electron chi connectivity index (χ2n) is 3.75. The number of hydrogen-bond acceptors (Lipinski definition) is 3. The van der Waals surface area contributed by atoms with Crippen molar-refractivity contribution in [3.63, 3.8) is 0 Å². The van der Waals surface area contributed by atoms with Crippen LogP contribution in [0.5, 0.6) is 0 Å². The minimum Gasteiger partial charge on any atom is -0.384 e. The molecule has 1 N–H and O–H groups in total. The molecule has 0 saturated carbocycles. The number of pyridine rings is 1. The largest absolute Gasteiger partial charge is 0.416 e. The summed E-state index contributed by atoms with van der Waals surface area (Å²) < 4.78 is 38.2. The van der Waals surface area contributed by atoms with Crippen LogP contribution in [0.2, 0.25) is 0 Å². The Balaban J connectivity index is 2.48. The van der Waals surface area contributed by atoms with Gasteiger partial charge in [0.1, 0.15) is 5.60 Å². The maximum absolute atomic E-state index is 12.7. The molecule has 2 rings (SSSR count). The van der Waals surface area contributed by atoms with Crippen molar-refractivity contribution in [2.75, 3.05) is 11.5 Å². The van der Waals surface area contributed by atoms with E-state index in [0.717, 1.165) is 18.5 Å². The van der Waals surface area contributed by atoms with Gasteiger partial charge in [-0.1, -0.05) is 0 Å². The average molecular weight is 249 g/mol. The van der Waals surface area contributed by atoms with Crippen LogP contribution in [-0.4, -0.2) is 21.6 Å². The van der Waals surface area contributed by atoms with Crippen LogP contribution in [0.4, 0.5) is 13.2 Å². The van der Waals surface area contributed by atoms with Crippen LogP contribution in [-0.2, 0) is 11.8 Å². The normalized spacial score (nSPS) is 26.0. The molecule has 6 heteroatoms. The molecular formula is C10H10F3NOS. The molecule has 88 valence electrons. The fourth-order valence-electron chi connectivity index (χ4n) is 1.78. The van der Waals surface area contributed by atoms with Crippen LogP contribution in [0.25, 0.3) is 0 Å². The molecule has 1 atom stereocenters. The zero-order valence-electron chi connectivity index (χ0n) is 8.29. The molecule has 0 radical (unpaired) electrons. The summed E-state index contributed by atoms with van der Waals surface area (Å²) in [5.41, 5.74) is -2.27. The molecule has 1 aliphatic rings. The lowest BCUT2D eigenvalue weighted by atomic mass is 9.91. The van der Waals surface area contributed by atoms with Crippen molar-refractivity contribution in [2.24, 2.45) is 0 Å². The third-order valence-electron chi connectivity index (χ3n) is 2.63. The highest BCUT2D eigenvalue weighted by Crippen LogP contribution is 2.42. The first-order valence-electron chi connectivity index (χ1n) is 4.75. The highest BCUT2D eigenvalue weighted by molar-refractivity contribution is 7.99. The minimum absolute atomic E-state index is 0.104. The predicted octanol–water partition coefficient (Wildman–Crippen LogP) is 2.42. The second-order valence-corrected chi connectivity index (χ2v) is 4.86. The van der Waals surface area contributed by atoms with Gasteiger partial charge in [-0.15, -0.1) is 0 Å². The average Bonchev–Trinajstić information content (AvgIpc) is 2.65. The Bertz CT molecular complexity index is 388. The highest BCUT2D eigenvalue weighted by Gasteiger charge is 2.42. The van der Waals surface area contributed by atoms with E-state index in [-0.39, 0.29) is 5.56 Å². The molecule has 0 spiro atoms. The molecule has 1 aromatic rings. The second kappa shape index (κ2) is 3.92. The first kappa shape index (κ1) is 11.7. The molecule has 0 bridgehead atoms. The third-order valence-corrected chi connectivity index (χ3v) is 3.80. The predicted molar refractivity (Wildman–Crippen MR) is 55.1 cm³/mol. The number of thioether (sulfide) groups is 1. The fraction of sp³-hybridized carbons (Fsp3) is 0.500. The monoisotopic (exact) mass is 249 g/mol. The molecule has 1 fully saturated rings. The van der Waals surface area contributed by atoms with E-state index >= 15 is 0 Å². The van der Waals surface area contributed by atoms with E-state index in [1.165, 1.54) is 11.8 Å². The molecule has 1 aromatic heterocycles. The van der Waals surface area contributed by atoms with Gasteiger partial charge in [-0.2, -0.15) is 24.9 Å². The summed E-state index contributed by atoms with van der Waals surface area (Å²) in [6.07, 6.45) is -1.89. The molecule has 2 heterocycles. The number of nitrogens with zero attached hydrogens (tertiary/aromatic N) is 1. The first-order chi connectivity index (χ1) is 7.43. The van der Waals surface area contributed by atoms with E-state index in [2.05, 4.69) is 4.98 Å². The van der Waals surface area contributed by atoms with Crippen molar-refractivity contribution in [3.05, 3.63) is 29.6 Å². The summed E-state index contributed by atoms with van der Waals surface area (Å²) in [6, 6.07) is 0.913. The lowest BCUT2D eigenvalue weighted by Crippen LogP contribution is -2.28. The zero-order valence-corrected chi connectivity index (χ0v) is 9.11. The van der Waals surface area contributed by atoms with Gasteiger partial charge in [-0.25, -0.2) is 0 Å². The molecule has 0 aromatic carbocycles. The van der Waals surface area contributed by atoms with Gasteiger partial charge in [-0.3, -0.25) is 4.98 Å². The Morgan fingerprint density at radius 3 is 2.75 bits per heavy atom. The van der Waals surface area contributed by atoms with E-state index in [9.17, 15) is 18.3 Å². The molecular weight excluding hydrogens is 239 g/mol. The van der Waals surface area contributed by atoms with Crippen molar-refractivity contribution in [1.29, 1.82) is 0 Å². The molecule has 1 aliphatic heterocycles. The van der Waals surface area contributed by atoms with Gasteiger partial charge in [0, 0.05) is 23.7 Å². The summed E-state index contributed by atoms with van der Waals surface area (Å²) in [4.78, 5) is 3.68. The molecule has 2 nitrogen and oxygen atoms in total. The number of aliphatic hydroxyl groups is 1. The lowest BCUT2D eigenvalue weighted by molar-refractivity contribution is -0.140. The Morgan fingerprint density at radius 1 is 1.44 bits per heavy atom. The highest BCUT2D eigenvalue weighted by atomic mass is 32.2. The molecule has 1 unspecified atom stereocenters. The molecule has 0 amide bonds. The summed E-state index contributed by atoms with van der Waals surface area (Å²) in [7, 11) is 0. The molecule has 0 aliphatic carbocycles. The smallest absolute Gasteiger partial charge is 0.384 e. The zero-order chi connectivity index (χ0) is 11.8. The van der Waals surface area contributed by atoms with Gasteiger partial charge in [0.05, 0.1) is 5.56 Å². The number of alkyl halides is 3. The van der Waals surface area contributed by atoms with E-state index in [1.54, 1.807) is 0 Å². The van der Waals surface area contributed by atoms with Crippen LogP contribution in [0.3, 0.4) is 0 Å². The van der Waals surface area contributed by atoms with Crippen molar-refractivity contribution in [1.82, 2.24) is 4.98 Å². The third kappa shape index (κ3) is 2.04. The number of halogens is 3. The number of rotatable bonds is 1. The quantitative estimate of drug-likeness (QED) is 0.829. The van der Waals surface area contributed by atoms with Gasteiger partial charge >= 0.3 is 6.18 Å². The first-order valence-corrected chi connectivity index (χ1v) is 5.91. The van der Waals surface area contributed by atoms with Crippen LogP contribution < -0.4 is 0 Å². The maximum Gasteiger partial charge on any atom is 0.416 e. The number of aromatic nitrogens is 1. The van der Waals surface area contributed by atoms with Crippen molar-refractivity contribution >= 4 is 11.8 Å². The number of hydrogen-bond donors (Lipinski definition) is 1. The van der Waals surface area contributed by atoms with Crippen molar-refractivity contribution < 1.29 is 18.3 Å². The maximum atomic E-state index is 12.7. The van der Waals surface area contributed by atoms with E-state index < -0.39 is 17.3 Å². The molecule has 1 saturated heterocycles. The minimum atomic E-state index is -4.44. The van der Waals surface area contributed by atoms with Gasteiger partial charge < -0.3 is 5.11 Å². The Kier molecular flexibility index (Phi) is 2.88. The Hall–Kier alpha value is -0.750. The van der Waals surface area contributed by atoms with Crippen molar-refractivity contribution in [3.8, 4) is 0 Å². The van der Waals surface area contributed by atoms with Crippen LogP contribution in [0, 0.1) is 0 Å². The summed E-state index contributed by atoms with van der Waals surface area (Å²) in [5.74, 6) is 0.963. The van der Waals surface area contributed by atoms with Crippen LogP contribution >= 0.6 is 11.8 Å². The van der Waals surface area contributed by atoms with E-state index in [4.69, 9.17) is 0 Å². The van der Waals surface area contributed by atoms with Gasteiger partial charge in [0.15, 0.2) is 0 Å². The summed E-state index contributed by atoms with van der Waals surface area (Å²) in [6.45, 7) is 0. The molecule has 16 heavy (non-hydrogen) atoms. The van der Waals surface area contributed by atoms with Crippen LogP contribution in [0.15, 0.2) is 18.5 Å². The van der Waals surface area contributed by atoms with E-state index in [1.807, 2.05) is 0 Å². The van der Waals surface area contributed by atoms with Crippen molar-refractivity contribution in [2.45, 2.75) is 18.2 Å². The van der Waals surface area contributed by atoms with Gasteiger partial charge in [-0.05, 0) is 18.2 Å². The van der Waals surface area contributed by atoms with Crippen LogP contribution in [0.1, 0.15) is 17.5 Å². The van der Waals surface area contributed by atoms with Gasteiger partial charge in [0.25, 0.3) is 0 Å². The topological polar surface area (TPSA) is 33.1 Å². The SMILES string of the molecule is OC1(c2cnccc2C(F)(F)F)CCSC1. The standard InChI is InChI=1S/C10H10F3NOS/c11-10(12,13)7-1-3-14-5-8(7)9(15)2-4-16-6-9/h1,3,5,15H,2,4,6H2.